The molecule has 0 aromatic heterocycles. The van der Waals surface area contributed by atoms with E-state index in [0.717, 1.165) is 30.8 Å². The molecule has 1 atom stereocenters. The molecule has 0 saturated heterocycles. The largest absolute Gasteiger partial charge is 0.360 e. The van der Waals surface area contributed by atoms with Crippen molar-refractivity contribution in [2.45, 2.75) is 59.9 Å². The Morgan fingerprint density at radius 1 is 1.03 bits per heavy atom. The molecule has 0 heterocycles. The van der Waals surface area contributed by atoms with Gasteiger partial charge < -0.3 is 10.6 Å². The average Bonchev–Trinajstić information content (AvgIpc) is 2.71. The summed E-state index contributed by atoms with van der Waals surface area (Å²) >= 11 is 0. The van der Waals surface area contributed by atoms with Crippen LogP contribution in [0.3, 0.4) is 0 Å². The maximum absolute atomic E-state index is 8.92. The Labute approximate surface area is 178 Å². The second-order valence-corrected chi connectivity index (χ2v) is 7.43. The molecule has 0 saturated carbocycles. The molecule has 3 nitrogen and oxygen atoms in total. The van der Waals surface area contributed by atoms with Gasteiger partial charge in [0.1, 0.15) is 0 Å². The van der Waals surface area contributed by atoms with E-state index < -0.39 is 0 Å². The third-order valence-electron chi connectivity index (χ3n) is 4.12. The van der Waals surface area contributed by atoms with Gasteiger partial charge in [-0.05, 0) is 51.3 Å². The van der Waals surface area contributed by atoms with Gasteiger partial charge in [-0.25, -0.2) is 0 Å². The Bertz CT molecular complexity index is 700. The topological polar surface area (TPSA) is 47.9 Å². The van der Waals surface area contributed by atoms with Crippen molar-refractivity contribution in [3.05, 3.63) is 78.5 Å². The highest BCUT2D eigenvalue weighted by molar-refractivity contribution is 5.46. The Kier molecular flexibility index (Phi) is 14.0. The van der Waals surface area contributed by atoms with Crippen LogP contribution in [0.4, 0.5) is 5.69 Å². The molecule has 2 rings (SSSR count). The van der Waals surface area contributed by atoms with Gasteiger partial charge in [0.25, 0.3) is 0 Å². The third-order valence-corrected chi connectivity index (χ3v) is 4.12. The fourth-order valence-electron chi connectivity index (χ4n) is 2.62. The van der Waals surface area contributed by atoms with Crippen LogP contribution >= 0.6 is 0 Å². The van der Waals surface area contributed by atoms with Crippen molar-refractivity contribution in [2.75, 3.05) is 11.9 Å². The van der Waals surface area contributed by atoms with Crippen molar-refractivity contribution in [3.8, 4) is 6.07 Å². The summed E-state index contributed by atoms with van der Waals surface area (Å²) < 4.78 is 0. The predicted molar refractivity (Wildman–Crippen MR) is 128 cm³/mol. The van der Waals surface area contributed by atoms with Gasteiger partial charge in [-0.15, -0.1) is 0 Å². The molecular formula is C26H39N3. The van der Waals surface area contributed by atoms with E-state index in [1.165, 1.54) is 5.56 Å². The van der Waals surface area contributed by atoms with Crippen LogP contribution in [0.15, 0.2) is 72.9 Å². The van der Waals surface area contributed by atoms with Crippen LogP contribution in [-0.4, -0.2) is 12.1 Å². The predicted octanol–water partition coefficient (Wildman–Crippen LogP) is 6.81. The number of nitrogens with zero attached hydrogens (tertiary/aromatic N) is 1. The normalized spacial score (nSPS) is 10.9. The van der Waals surface area contributed by atoms with Crippen LogP contribution in [0.5, 0.6) is 0 Å². The Balaban J connectivity index is 0.000000554. The van der Waals surface area contributed by atoms with E-state index >= 15 is 0 Å². The number of benzene rings is 2. The van der Waals surface area contributed by atoms with Crippen molar-refractivity contribution in [1.29, 1.82) is 5.26 Å². The summed E-state index contributed by atoms with van der Waals surface area (Å²) in [5, 5.41) is 15.5. The molecule has 0 spiro atoms. The van der Waals surface area contributed by atoms with Gasteiger partial charge in [0.2, 0.25) is 0 Å². The quantitative estimate of drug-likeness (QED) is 0.518. The van der Waals surface area contributed by atoms with Crippen LogP contribution in [-0.2, 0) is 6.42 Å². The van der Waals surface area contributed by atoms with Gasteiger partial charge >= 0.3 is 0 Å². The van der Waals surface area contributed by atoms with Gasteiger partial charge in [-0.2, -0.15) is 5.26 Å². The highest BCUT2D eigenvalue weighted by Crippen LogP contribution is 2.13. The van der Waals surface area contributed by atoms with E-state index in [2.05, 4.69) is 68.3 Å². The highest BCUT2D eigenvalue weighted by Gasteiger charge is 2.19. The van der Waals surface area contributed by atoms with E-state index in [9.17, 15) is 0 Å². The minimum Gasteiger partial charge on any atom is -0.360 e. The van der Waals surface area contributed by atoms with E-state index in [1.807, 2.05) is 57.2 Å². The van der Waals surface area contributed by atoms with Gasteiger partial charge in [0, 0.05) is 23.5 Å². The van der Waals surface area contributed by atoms with Gasteiger partial charge in [-0.3, -0.25) is 0 Å². The minimum absolute atomic E-state index is 0.0334. The Morgan fingerprint density at radius 2 is 1.55 bits per heavy atom. The Morgan fingerprint density at radius 3 is 2.00 bits per heavy atom. The number of para-hydroxylation sites is 1. The molecule has 0 aliphatic rings. The molecule has 158 valence electrons. The van der Waals surface area contributed by atoms with E-state index in [1.54, 1.807) is 0 Å². The molecule has 1 unspecified atom stereocenters. The molecule has 29 heavy (non-hydrogen) atoms. The molecule has 2 aromatic rings. The fourth-order valence-corrected chi connectivity index (χ4v) is 2.62. The summed E-state index contributed by atoms with van der Waals surface area (Å²) in [7, 11) is 0. The van der Waals surface area contributed by atoms with Crippen LogP contribution in [0.2, 0.25) is 0 Å². The summed E-state index contributed by atoms with van der Waals surface area (Å²) in [6.07, 6.45) is 1.89. The van der Waals surface area contributed by atoms with Gasteiger partial charge in [0.15, 0.2) is 0 Å². The van der Waals surface area contributed by atoms with Crippen LogP contribution in [0.1, 0.15) is 53.5 Å². The lowest BCUT2D eigenvalue weighted by atomic mass is 9.94. The first-order chi connectivity index (χ1) is 13.9. The third kappa shape index (κ3) is 13.3. The molecule has 0 aliphatic heterocycles. The molecule has 0 radical (unpaired) electrons. The monoisotopic (exact) mass is 393 g/mol. The van der Waals surface area contributed by atoms with Gasteiger partial charge in [-0.1, -0.05) is 75.9 Å². The van der Waals surface area contributed by atoms with Crippen LogP contribution < -0.4 is 10.6 Å². The minimum atomic E-state index is 0.0334. The first-order valence-corrected chi connectivity index (χ1v) is 10.5. The summed E-state index contributed by atoms with van der Waals surface area (Å²) in [5.74, 6) is 0.116. The highest BCUT2D eigenvalue weighted by atomic mass is 15.0. The number of hydrogen-bond acceptors (Lipinski definition) is 3. The van der Waals surface area contributed by atoms with Crippen molar-refractivity contribution >= 4 is 5.69 Å². The summed E-state index contributed by atoms with van der Waals surface area (Å²) in [6, 6.07) is 22.8. The van der Waals surface area contributed by atoms with Crippen LogP contribution in [0, 0.1) is 17.2 Å². The lowest BCUT2D eigenvalue weighted by Gasteiger charge is -2.27. The average molecular weight is 394 g/mol. The maximum atomic E-state index is 8.92. The zero-order chi connectivity index (χ0) is 22.1. The number of hydrogen-bond donors (Lipinski definition) is 2. The lowest BCUT2D eigenvalue weighted by molar-refractivity contribution is 0.364. The summed E-state index contributed by atoms with van der Waals surface area (Å²) in [6.45, 7) is 16.9. The molecule has 0 fully saturated rings. The lowest BCUT2D eigenvalue weighted by Crippen LogP contribution is -2.43. The first kappa shape index (κ1) is 26.4. The standard InChI is InChI=1S/C15H22N2.C9H11N.C2H6/c1-4-13(11-16)12-17-15(2,3)10-14-8-6-5-7-9-14;1-8(2)10-9-6-4-3-5-7-9;1-2/h5-9,13,17H,4,10,12H2,1-3H3;3-7,10H,1H2,2H3;1-2H3. The molecule has 2 aromatic carbocycles. The van der Waals surface area contributed by atoms with E-state index in [-0.39, 0.29) is 11.5 Å². The Hall–Kier alpha value is -2.57. The fraction of sp³-hybridized carbons (Fsp3) is 0.423. The van der Waals surface area contributed by atoms with Crippen molar-refractivity contribution in [3.63, 3.8) is 0 Å². The second kappa shape index (κ2) is 15.4. The molecular weight excluding hydrogens is 354 g/mol. The molecule has 0 aliphatic carbocycles. The summed E-state index contributed by atoms with van der Waals surface area (Å²) in [4.78, 5) is 0. The number of anilines is 1. The van der Waals surface area contributed by atoms with E-state index in [4.69, 9.17) is 5.26 Å². The first-order valence-electron chi connectivity index (χ1n) is 10.5. The second-order valence-electron chi connectivity index (χ2n) is 7.43. The maximum Gasteiger partial charge on any atom is 0.0669 e. The van der Waals surface area contributed by atoms with Crippen molar-refractivity contribution in [2.24, 2.45) is 5.92 Å². The number of nitriles is 1. The SMILES string of the molecule is C=C(C)Nc1ccccc1.CC.CCC(C#N)CNC(C)(C)Cc1ccccc1. The zero-order valence-corrected chi connectivity index (χ0v) is 19.1. The van der Waals surface area contributed by atoms with Gasteiger partial charge in [0.05, 0.1) is 12.0 Å². The number of nitrogens with one attached hydrogen (secondary N) is 2. The molecule has 2 N–H and O–H groups in total. The number of allylic oxidation sites excluding steroid dienone is 1. The zero-order valence-electron chi connectivity index (χ0n) is 19.1. The van der Waals surface area contributed by atoms with Crippen LogP contribution in [0.25, 0.3) is 0 Å². The van der Waals surface area contributed by atoms with Crippen molar-refractivity contribution in [1.82, 2.24) is 5.32 Å². The van der Waals surface area contributed by atoms with Crippen molar-refractivity contribution < 1.29 is 0 Å². The smallest absolute Gasteiger partial charge is 0.0669 e. The molecule has 0 bridgehead atoms. The molecule has 0 amide bonds. The summed E-state index contributed by atoms with van der Waals surface area (Å²) in [5.41, 5.74) is 3.42. The molecule has 3 heteroatoms. The number of rotatable bonds is 8. The van der Waals surface area contributed by atoms with E-state index in [0.29, 0.717) is 0 Å².